The van der Waals surface area contributed by atoms with E-state index in [-0.39, 0.29) is 18.6 Å². The van der Waals surface area contributed by atoms with Gasteiger partial charge in [0.15, 0.2) is 0 Å². The van der Waals surface area contributed by atoms with Crippen molar-refractivity contribution in [2.45, 2.75) is 12.8 Å². The van der Waals surface area contributed by atoms with Gasteiger partial charge in [0.25, 0.3) is 0 Å². The molecule has 0 saturated carbocycles. The number of carboxylic acids is 1. The second-order valence-electron chi connectivity index (χ2n) is 4.39. The van der Waals surface area contributed by atoms with E-state index in [0.717, 1.165) is 0 Å². The van der Waals surface area contributed by atoms with Crippen LogP contribution in [0.1, 0.15) is 12.8 Å². The Morgan fingerprint density at radius 1 is 1.29 bits per heavy atom. The summed E-state index contributed by atoms with van der Waals surface area (Å²) < 4.78 is 28.0. The Kier molecular flexibility index (Phi) is 4.59. The highest BCUT2D eigenvalue weighted by Crippen LogP contribution is 2.20. The number of carboxylic acid groups (broad SMARTS) is 1. The van der Waals surface area contributed by atoms with Crippen molar-refractivity contribution >= 4 is 21.7 Å². The van der Waals surface area contributed by atoms with E-state index in [9.17, 15) is 13.2 Å². The highest BCUT2D eigenvalue weighted by atomic mass is 32.2. The van der Waals surface area contributed by atoms with Crippen LogP contribution in [-0.4, -0.2) is 35.0 Å². The number of hydrogen-bond donors (Lipinski definition) is 2. The molecule has 0 atom stereocenters. The van der Waals surface area contributed by atoms with Crippen LogP contribution in [0.4, 0.5) is 5.69 Å². The van der Waals surface area contributed by atoms with Crippen molar-refractivity contribution in [2.24, 2.45) is 0 Å². The summed E-state index contributed by atoms with van der Waals surface area (Å²) >= 11 is 0. The molecule has 0 aliphatic carbocycles. The number of aliphatic carboxylic acids is 1. The summed E-state index contributed by atoms with van der Waals surface area (Å²) in [7, 11) is -3.60. The Bertz CT molecular complexity index is 711. The van der Waals surface area contributed by atoms with Crippen molar-refractivity contribution in [3.8, 4) is 5.69 Å². The fourth-order valence-corrected chi connectivity index (χ4v) is 2.94. The first-order valence-corrected chi connectivity index (χ1v) is 7.94. The maximum absolute atomic E-state index is 12.0. The van der Waals surface area contributed by atoms with Crippen molar-refractivity contribution in [1.29, 1.82) is 0 Å². The summed E-state index contributed by atoms with van der Waals surface area (Å²) in [6, 6.07) is 8.59. The third kappa shape index (κ3) is 4.32. The van der Waals surface area contributed by atoms with Gasteiger partial charge in [-0.25, -0.2) is 13.1 Å². The third-order valence-corrected chi connectivity index (χ3v) is 4.08. The maximum atomic E-state index is 12.0. The summed E-state index contributed by atoms with van der Waals surface area (Å²) in [6.07, 6.45) is 3.19. The van der Waals surface area contributed by atoms with Crippen LogP contribution in [0.15, 0.2) is 42.7 Å². The number of aromatic nitrogens is 2. The van der Waals surface area contributed by atoms with Crippen molar-refractivity contribution in [3.63, 3.8) is 0 Å². The van der Waals surface area contributed by atoms with Crippen LogP contribution < -0.4 is 4.72 Å². The molecule has 8 heteroatoms. The zero-order valence-electron chi connectivity index (χ0n) is 11.1. The van der Waals surface area contributed by atoms with Crippen LogP contribution in [0.5, 0.6) is 0 Å². The predicted molar refractivity (Wildman–Crippen MR) is 77.8 cm³/mol. The third-order valence-electron chi connectivity index (χ3n) is 2.72. The molecule has 1 heterocycles. The number of anilines is 1. The van der Waals surface area contributed by atoms with Gasteiger partial charge in [-0.1, -0.05) is 12.1 Å². The second kappa shape index (κ2) is 6.40. The number of rotatable bonds is 7. The quantitative estimate of drug-likeness (QED) is 0.806. The lowest BCUT2D eigenvalue weighted by Gasteiger charge is -2.12. The topological polar surface area (TPSA) is 101 Å². The molecule has 0 saturated heterocycles. The van der Waals surface area contributed by atoms with Gasteiger partial charge in [0.05, 0.1) is 17.1 Å². The summed E-state index contributed by atoms with van der Waals surface area (Å²) in [5.74, 6) is -1.26. The van der Waals surface area contributed by atoms with E-state index >= 15 is 0 Å². The summed E-state index contributed by atoms with van der Waals surface area (Å²) in [4.78, 5) is 10.4. The van der Waals surface area contributed by atoms with Gasteiger partial charge in [-0.2, -0.15) is 5.10 Å². The molecule has 1 aromatic heterocycles. The largest absolute Gasteiger partial charge is 0.481 e. The molecule has 7 nitrogen and oxygen atoms in total. The molecule has 0 aliphatic rings. The van der Waals surface area contributed by atoms with E-state index in [1.54, 1.807) is 47.4 Å². The number of benzene rings is 1. The van der Waals surface area contributed by atoms with Crippen LogP contribution in [0, 0.1) is 0 Å². The molecular weight excluding hydrogens is 294 g/mol. The van der Waals surface area contributed by atoms with Crippen LogP contribution in [-0.2, 0) is 14.8 Å². The van der Waals surface area contributed by atoms with Gasteiger partial charge >= 0.3 is 5.97 Å². The second-order valence-corrected chi connectivity index (χ2v) is 6.23. The highest BCUT2D eigenvalue weighted by molar-refractivity contribution is 7.92. The average molecular weight is 309 g/mol. The van der Waals surface area contributed by atoms with Crippen molar-refractivity contribution < 1.29 is 18.3 Å². The molecule has 112 valence electrons. The summed E-state index contributed by atoms with van der Waals surface area (Å²) in [5.41, 5.74) is 1.00. The molecular formula is C13H15N3O4S. The van der Waals surface area contributed by atoms with E-state index < -0.39 is 16.0 Å². The van der Waals surface area contributed by atoms with Crippen LogP contribution in [0.3, 0.4) is 0 Å². The first-order valence-electron chi connectivity index (χ1n) is 6.29. The van der Waals surface area contributed by atoms with E-state index in [1.165, 1.54) is 0 Å². The van der Waals surface area contributed by atoms with Crippen LogP contribution in [0.2, 0.25) is 0 Å². The zero-order valence-corrected chi connectivity index (χ0v) is 12.0. The molecule has 2 rings (SSSR count). The van der Waals surface area contributed by atoms with Gasteiger partial charge < -0.3 is 5.11 Å². The molecule has 0 amide bonds. The Morgan fingerprint density at radius 2 is 2.05 bits per heavy atom. The lowest BCUT2D eigenvalue weighted by atomic mass is 10.3. The molecule has 2 N–H and O–H groups in total. The number of nitrogens with zero attached hydrogens (tertiary/aromatic N) is 2. The van der Waals surface area contributed by atoms with Crippen LogP contribution in [0.25, 0.3) is 5.69 Å². The average Bonchev–Trinajstić information content (AvgIpc) is 2.91. The predicted octanol–water partition coefficient (Wildman–Crippen LogP) is 1.48. The van der Waals surface area contributed by atoms with E-state index in [1.807, 2.05) is 0 Å². The van der Waals surface area contributed by atoms with Crippen molar-refractivity contribution in [3.05, 3.63) is 42.7 Å². The fourth-order valence-electron chi connectivity index (χ4n) is 1.80. The molecule has 0 bridgehead atoms. The molecule has 0 spiro atoms. The number of para-hydroxylation sites is 2. The zero-order chi connectivity index (χ0) is 15.3. The Morgan fingerprint density at radius 3 is 2.71 bits per heavy atom. The number of hydrogen-bond acceptors (Lipinski definition) is 4. The van der Waals surface area contributed by atoms with Gasteiger partial charge in [0, 0.05) is 18.8 Å². The molecule has 0 aliphatic heterocycles. The smallest absolute Gasteiger partial charge is 0.303 e. The molecule has 0 fully saturated rings. The Balaban J connectivity index is 2.14. The standard InChI is InChI=1S/C13H15N3O4S/c17-13(18)7-3-10-21(19,20)15-11-5-1-2-6-12(11)16-9-4-8-14-16/h1-2,4-6,8-9,15H,3,7,10H2,(H,17,18). The lowest BCUT2D eigenvalue weighted by Crippen LogP contribution is -2.18. The molecule has 0 unspecified atom stereocenters. The number of carbonyl (C=O) groups is 1. The first-order chi connectivity index (χ1) is 9.98. The Labute approximate surface area is 122 Å². The number of sulfonamides is 1. The van der Waals surface area contributed by atoms with E-state index in [4.69, 9.17) is 5.11 Å². The van der Waals surface area contributed by atoms with E-state index in [2.05, 4.69) is 9.82 Å². The van der Waals surface area contributed by atoms with Gasteiger partial charge in [-0.05, 0) is 24.6 Å². The van der Waals surface area contributed by atoms with Gasteiger partial charge in [-0.15, -0.1) is 0 Å². The summed E-state index contributed by atoms with van der Waals surface area (Å²) in [5, 5.41) is 12.6. The van der Waals surface area contributed by atoms with Gasteiger partial charge in [-0.3, -0.25) is 9.52 Å². The SMILES string of the molecule is O=C(O)CCCS(=O)(=O)Nc1ccccc1-n1cccn1. The maximum Gasteiger partial charge on any atom is 0.303 e. The van der Waals surface area contributed by atoms with E-state index in [0.29, 0.717) is 11.4 Å². The summed E-state index contributed by atoms with van der Waals surface area (Å²) in [6.45, 7) is 0. The lowest BCUT2D eigenvalue weighted by molar-refractivity contribution is -0.137. The van der Waals surface area contributed by atoms with Gasteiger partial charge in [0.2, 0.25) is 10.0 Å². The first kappa shape index (κ1) is 15.0. The van der Waals surface area contributed by atoms with Crippen molar-refractivity contribution in [1.82, 2.24) is 9.78 Å². The van der Waals surface area contributed by atoms with Crippen LogP contribution >= 0.6 is 0 Å². The normalized spacial score (nSPS) is 11.2. The Hall–Kier alpha value is -2.35. The van der Waals surface area contributed by atoms with Crippen molar-refractivity contribution in [2.75, 3.05) is 10.5 Å². The van der Waals surface area contributed by atoms with Gasteiger partial charge in [0.1, 0.15) is 0 Å². The highest BCUT2D eigenvalue weighted by Gasteiger charge is 2.14. The molecule has 1 aromatic carbocycles. The minimum atomic E-state index is -3.60. The fraction of sp³-hybridized carbons (Fsp3) is 0.231. The molecule has 0 radical (unpaired) electrons. The molecule has 2 aromatic rings. The molecule has 21 heavy (non-hydrogen) atoms. The minimum Gasteiger partial charge on any atom is -0.481 e. The monoisotopic (exact) mass is 309 g/mol. The number of nitrogens with one attached hydrogen (secondary N) is 1. The minimum absolute atomic E-state index is 0.0641.